The molecule has 2 heterocycles. The van der Waals surface area contributed by atoms with Crippen LogP contribution in [-0.4, -0.2) is 55.4 Å². The lowest BCUT2D eigenvalue weighted by Gasteiger charge is -2.21. The van der Waals surface area contributed by atoms with Gasteiger partial charge in [-0.2, -0.15) is 0 Å². The van der Waals surface area contributed by atoms with Crippen molar-refractivity contribution in [2.24, 2.45) is 11.8 Å². The van der Waals surface area contributed by atoms with E-state index >= 15 is 0 Å². The van der Waals surface area contributed by atoms with Crippen LogP contribution in [0.2, 0.25) is 0 Å². The number of benzene rings is 1. The number of carbonyl (C=O) groups is 3. The van der Waals surface area contributed by atoms with E-state index in [0.29, 0.717) is 37.0 Å². The molecule has 0 bridgehead atoms. The Bertz CT molecular complexity index is 734. The fourth-order valence-corrected chi connectivity index (χ4v) is 3.77. The van der Waals surface area contributed by atoms with E-state index in [1.54, 1.807) is 16.9 Å². The molecule has 0 saturated carbocycles. The summed E-state index contributed by atoms with van der Waals surface area (Å²) in [5, 5.41) is 2.96. The van der Waals surface area contributed by atoms with Crippen LogP contribution in [0.5, 0.6) is 5.75 Å². The van der Waals surface area contributed by atoms with Gasteiger partial charge in [-0.15, -0.1) is 0 Å². The highest BCUT2D eigenvalue weighted by Crippen LogP contribution is 2.31. The van der Waals surface area contributed by atoms with Gasteiger partial charge in [0.05, 0.1) is 24.8 Å². The Hall–Kier alpha value is -2.57. The molecule has 2 aliphatic heterocycles. The van der Waals surface area contributed by atoms with Crippen LogP contribution >= 0.6 is 0 Å². The molecule has 7 nitrogen and oxygen atoms in total. The second-order valence-corrected chi connectivity index (χ2v) is 7.68. The topological polar surface area (TPSA) is 79.0 Å². The zero-order valence-corrected chi connectivity index (χ0v) is 16.1. The van der Waals surface area contributed by atoms with Crippen molar-refractivity contribution in [3.8, 4) is 5.75 Å². The number of rotatable bonds is 6. The molecule has 3 amide bonds. The monoisotopic (exact) mass is 373 g/mol. The van der Waals surface area contributed by atoms with Crippen molar-refractivity contribution in [2.75, 3.05) is 31.6 Å². The average Bonchev–Trinajstić information content (AvgIpc) is 3.17. The quantitative estimate of drug-likeness (QED) is 0.818. The molecular weight excluding hydrogens is 346 g/mol. The third kappa shape index (κ3) is 4.23. The molecule has 2 saturated heterocycles. The van der Waals surface area contributed by atoms with Crippen LogP contribution in [0.4, 0.5) is 5.69 Å². The molecule has 1 aromatic rings. The first-order valence-corrected chi connectivity index (χ1v) is 9.40. The van der Waals surface area contributed by atoms with E-state index in [1.165, 1.54) is 0 Å². The lowest BCUT2D eigenvalue weighted by atomic mass is 10.1. The molecule has 7 heteroatoms. The molecule has 2 fully saturated rings. The van der Waals surface area contributed by atoms with Crippen molar-refractivity contribution in [2.45, 2.75) is 32.7 Å². The van der Waals surface area contributed by atoms with Gasteiger partial charge >= 0.3 is 0 Å². The van der Waals surface area contributed by atoms with E-state index < -0.39 is 0 Å². The molecule has 2 atom stereocenters. The van der Waals surface area contributed by atoms with Crippen LogP contribution in [0.3, 0.4) is 0 Å². The highest BCUT2D eigenvalue weighted by atomic mass is 16.5. The summed E-state index contributed by atoms with van der Waals surface area (Å²) in [5.74, 6) is 0.498. The Labute approximate surface area is 159 Å². The van der Waals surface area contributed by atoms with E-state index in [9.17, 15) is 14.4 Å². The van der Waals surface area contributed by atoms with Crippen molar-refractivity contribution in [1.29, 1.82) is 0 Å². The minimum atomic E-state index is -0.341. The first-order chi connectivity index (χ1) is 12.9. The number of anilines is 1. The summed E-state index contributed by atoms with van der Waals surface area (Å²) in [6.07, 6.45) is 0.496. The normalized spacial score (nSPS) is 22.7. The van der Waals surface area contributed by atoms with Crippen molar-refractivity contribution in [3.63, 3.8) is 0 Å². The van der Waals surface area contributed by atoms with E-state index in [2.05, 4.69) is 19.2 Å². The minimum absolute atomic E-state index is 0.0296. The predicted octanol–water partition coefficient (Wildman–Crippen LogP) is 1.42. The molecule has 1 aromatic carbocycles. The number of nitrogens with one attached hydrogen (secondary N) is 1. The Morgan fingerprint density at radius 3 is 2.63 bits per heavy atom. The largest absolute Gasteiger partial charge is 0.495 e. The summed E-state index contributed by atoms with van der Waals surface area (Å²) < 4.78 is 5.33. The molecule has 2 aliphatic rings. The van der Waals surface area contributed by atoms with Gasteiger partial charge in [-0.1, -0.05) is 26.0 Å². The second kappa shape index (κ2) is 7.98. The van der Waals surface area contributed by atoms with E-state index in [-0.39, 0.29) is 42.5 Å². The van der Waals surface area contributed by atoms with E-state index in [4.69, 9.17) is 4.74 Å². The molecule has 146 valence electrons. The number of nitrogens with zero attached hydrogens (tertiary/aromatic N) is 2. The summed E-state index contributed by atoms with van der Waals surface area (Å²) >= 11 is 0. The second-order valence-electron chi connectivity index (χ2n) is 7.68. The summed E-state index contributed by atoms with van der Waals surface area (Å²) in [7, 11) is 1.57. The number of hydrogen-bond donors (Lipinski definition) is 1. The van der Waals surface area contributed by atoms with Crippen molar-refractivity contribution in [3.05, 3.63) is 24.3 Å². The van der Waals surface area contributed by atoms with Gasteiger partial charge < -0.3 is 19.9 Å². The summed E-state index contributed by atoms with van der Waals surface area (Å²) in [6, 6.07) is 7.08. The standard InChI is InChI=1S/C20H27N3O4/c1-13(2)10-22-11-14(8-18(22)24)20(26)21-15-9-19(25)23(12-15)16-6-4-5-7-17(16)27-3/h4-7,13-15H,8-12H2,1-3H3,(H,21,26)/t14-,15-/m1/s1. The fourth-order valence-electron chi connectivity index (χ4n) is 3.77. The summed E-state index contributed by atoms with van der Waals surface area (Å²) in [4.78, 5) is 40.5. The van der Waals surface area contributed by atoms with Gasteiger partial charge in [-0.05, 0) is 18.1 Å². The molecule has 0 radical (unpaired) electrons. The highest BCUT2D eigenvalue weighted by Gasteiger charge is 2.38. The number of likely N-dealkylation sites (tertiary alicyclic amines) is 1. The highest BCUT2D eigenvalue weighted by molar-refractivity contribution is 5.98. The Morgan fingerprint density at radius 1 is 1.19 bits per heavy atom. The SMILES string of the molecule is COc1ccccc1N1C[C@H](NC(=O)[C@@H]2CC(=O)N(CC(C)C)C2)CC1=O. The van der Waals surface area contributed by atoms with E-state index in [0.717, 1.165) is 0 Å². The van der Waals surface area contributed by atoms with Crippen molar-refractivity contribution in [1.82, 2.24) is 10.2 Å². The van der Waals surface area contributed by atoms with Gasteiger partial charge in [0.2, 0.25) is 17.7 Å². The first-order valence-electron chi connectivity index (χ1n) is 9.40. The maximum Gasteiger partial charge on any atom is 0.229 e. The molecular formula is C20H27N3O4. The molecule has 0 aromatic heterocycles. The molecule has 3 rings (SSSR count). The summed E-state index contributed by atoms with van der Waals surface area (Å²) in [5.41, 5.74) is 0.709. The van der Waals surface area contributed by atoms with E-state index in [1.807, 2.05) is 24.3 Å². The maximum absolute atomic E-state index is 12.6. The third-order valence-corrected chi connectivity index (χ3v) is 5.02. The Kier molecular flexibility index (Phi) is 5.68. The molecule has 1 N–H and O–H groups in total. The van der Waals surface area contributed by atoms with Gasteiger partial charge in [0.15, 0.2) is 0 Å². The predicted molar refractivity (Wildman–Crippen MR) is 101 cm³/mol. The number of methoxy groups -OCH3 is 1. The number of carbonyl (C=O) groups excluding carboxylic acids is 3. The van der Waals surface area contributed by atoms with Gasteiger partial charge in [0, 0.05) is 32.5 Å². The number of ether oxygens (including phenoxy) is 1. The van der Waals surface area contributed by atoms with Crippen LogP contribution in [0, 0.1) is 11.8 Å². The third-order valence-electron chi connectivity index (χ3n) is 5.02. The number of para-hydroxylation sites is 2. The van der Waals surface area contributed by atoms with Crippen LogP contribution in [-0.2, 0) is 14.4 Å². The summed E-state index contributed by atoms with van der Waals surface area (Å²) in [6.45, 7) is 5.64. The Balaban J connectivity index is 1.60. The zero-order chi connectivity index (χ0) is 19.6. The number of amides is 3. The number of hydrogen-bond acceptors (Lipinski definition) is 4. The lowest BCUT2D eigenvalue weighted by Crippen LogP contribution is -2.41. The molecule has 0 unspecified atom stereocenters. The fraction of sp³-hybridized carbons (Fsp3) is 0.550. The van der Waals surface area contributed by atoms with Crippen molar-refractivity contribution >= 4 is 23.4 Å². The molecule has 0 aliphatic carbocycles. The van der Waals surface area contributed by atoms with Gasteiger partial charge in [-0.25, -0.2) is 0 Å². The van der Waals surface area contributed by atoms with Crippen LogP contribution in [0.15, 0.2) is 24.3 Å². The van der Waals surface area contributed by atoms with Gasteiger partial charge in [-0.3, -0.25) is 14.4 Å². The van der Waals surface area contributed by atoms with Crippen LogP contribution in [0.25, 0.3) is 0 Å². The van der Waals surface area contributed by atoms with Crippen LogP contribution in [0.1, 0.15) is 26.7 Å². The zero-order valence-electron chi connectivity index (χ0n) is 16.1. The first kappa shape index (κ1) is 19.2. The average molecular weight is 373 g/mol. The Morgan fingerprint density at radius 2 is 1.93 bits per heavy atom. The molecule has 27 heavy (non-hydrogen) atoms. The molecule has 0 spiro atoms. The van der Waals surface area contributed by atoms with Gasteiger partial charge in [0.1, 0.15) is 5.75 Å². The maximum atomic E-state index is 12.6. The smallest absolute Gasteiger partial charge is 0.229 e. The van der Waals surface area contributed by atoms with Gasteiger partial charge in [0.25, 0.3) is 0 Å². The van der Waals surface area contributed by atoms with Crippen LogP contribution < -0.4 is 15.0 Å². The lowest BCUT2D eigenvalue weighted by molar-refractivity contribution is -0.129. The van der Waals surface area contributed by atoms with Crippen molar-refractivity contribution < 1.29 is 19.1 Å². The minimum Gasteiger partial charge on any atom is -0.495 e.